The number of hydrogen-bond donors (Lipinski definition) is 2. The van der Waals surface area contributed by atoms with Gasteiger partial charge < -0.3 is 5.11 Å². The highest BCUT2D eigenvalue weighted by molar-refractivity contribution is 7.88. The van der Waals surface area contributed by atoms with E-state index < -0.39 is 16.0 Å². The first-order chi connectivity index (χ1) is 6.38. The van der Waals surface area contributed by atoms with E-state index in [-0.39, 0.29) is 6.04 Å². The Morgan fingerprint density at radius 3 is 2.64 bits per heavy atom. The standard InChI is InChI=1S/C8H13NO4S/c1-14(12,13)9-7-4-2-6(3-5-7)8(10)11/h2,7,9H,3-5H2,1H3,(H,10,11). The van der Waals surface area contributed by atoms with Crippen molar-refractivity contribution in [2.45, 2.75) is 25.3 Å². The molecule has 5 nitrogen and oxygen atoms in total. The van der Waals surface area contributed by atoms with Crippen molar-refractivity contribution in [1.82, 2.24) is 4.72 Å². The fourth-order valence-electron chi connectivity index (χ4n) is 1.44. The van der Waals surface area contributed by atoms with Crippen molar-refractivity contribution in [2.24, 2.45) is 0 Å². The smallest absolute Gasteiger partial charge is 0.331 e. The molecule has 1 aliphatic carbocycles. The lowest BCUT2D eigenvalue weighted by Gasteiger charge is -2.20. The third-order valence-corrected chi connectivity index (χ3v) is 2.83. The topological polar surface area (TPSA) is 83.5 Å². The largest absolute Gasteiger partial charge is 0.478 e. The number of rotatable bonds is 3. The van der Waals surface area contributed by atoms with Crippen LogP contribution in [0.1, 0.15) is 19.3 Å². The summed E-state index contributed by atoms with van der Waals surface area (Å²) >= 11 is 0. The maximum absolute atomic E-state index is 10.9. The van der Waals surface area contributed by atoms with Crippen molar-refractivity contribution in [1.29, 1.82) is 0 Å². The van der Waals surface area contributed by atoms with Crippen LogP contribution in [0.25, 0.3) is 0 Å². The van der Waals surface area contributed by atoms with Crippen molar-refractivity contribution in [2.75, 3.05) is 6.26 Å². The number of nitrogens with one attached hydrogen (secondary N) is 1. The number of carboxylic acids is 1. The Labute approximate surface area is 82.9 Å². The van der Waals surface area contributed by atoms with Crippen LogP contribution in [0.15, 0.2) is 11.6 Å². The number of aliphatic carboxylic acids is 1. The fraction of sp³-hybridized carbons (Fsp3) is 0.625. The number of hydrogen-bond acceptors (Lipinski definition) is 3. The van der Waals surface area contributed by atoms with Gasteiger partial charge >= 0.3 is 5.97 Å². The second kappa shape index (κ2) is 4.10. The lowest BCUT2D eigenvalue weighted by atomic mass is 9.96. The third kappa shape index (κ3) is 3.47. The SMILES string of the molecule is CS(=O)(=O)NC1CC=C(C(=O)O)CC1. The van der Waals surface area contributed by atoms with Gasteiger partial charge in [0.2, 0.25) is 10.0 Å². The van der Waals surface area contributed by atoms with E-state index in [1.165, 1.54) is 0 Å². The van der Waals surface area contributed by atoms with Crippen molar-refractivity contribution >= 4 is 16.0 Å². The van der Waals surface area contributed by atoms with Crippen LogP contribution in [0.3, 0.4) is 0 Å². The van der Waals surface area contributed by atoms with Gasteiger partial charge in [0.05, 0.1) is 6.26 Å². The quantitative estimate of drug-likeness (QED) is 0.705. The molecule has 6 heteroatoms. The highest BCUT2D eigenvalue weighted by Crippen LogP contribution is 2.18. The lowest BCUT2D eigenvalue weighted by Crippen LogP contribution is -2.35. The van der Waals surface area contributed by atoms with Crippen molar-refractivity contribution in [3.63, 3.8) is 0 Å². The molecule has 0 amide bonds. The van der Waals surface area contributed by atoms with E-state index in [9.17, 15) is 13.2 Å². The molecule has 0 aromatic rings. The number of carboxylic acid groups (broad SMARTS) is 1. The summed E-state index contributed by atoms with van der Waals surface area (Å²) in [7, 11) is -3.19. The summed E-state index contributed by atoms with van der Waals surface area (Å²) in [5.41, 5.74) is 0.372. The third-order valence-electron chi connectivity index (χ3n) is 2.07. The zero-order valence-electron chi connectivity index (χ0n) is 7.86. The Balaban J connectivity index is 2.55. The number of sulfonamides is 1. The first kappa shape index (κ1) is 11.2. The minimum Gasteiger partial charge on any atom is -0.478 e. The Bertz CT molecular complexity index is 358. The van der Waals surface area contributed by atoms with Gasteiger partial charge in [-0.1, -0.05) is 6.08 Å². The average molecular weight is 219 g/mol. The summed E-state index contributed by atoms with van der Waals surface area (Å²) in [5.74, 6) is -0.914. The summed E-state index contributed by atoms with van der Waals surface area (Å²) in [4.78, 5) is 10.5. The molecular weight excluding hydrogens is 206 g/mol. The Morgan fingerprint density at radius 2 is 2.29 bits per heavy atom. The van der Waals surface area contributed by atoms with Gasteiger partial charge in [0, 0.05) is 11.6 Å². The molecule has 1 rings (SSSR count). The van der Waals surface area contributed by atoms with Crippen LogP contribution >= 0.6 is 0 Å². The predicted octanol–water partition coefficient (Wildman–Crippen LogP) is 0.0991. The molecule has 14 heavy (non-hydrogen) atoms. The van der Waals surface area contributed by atoms with Gasteiger partial charge in [-0.15, -0.1) is 0 Å². The molecule has 0 fully saturated rings. The Hall–Kier alpha value is -0.880. The zero-order chi connectivity index (χ0) is 10.8. The van der Waals surface area contributed by atoms with E-state index in [4.69, 9.17) is 5.11 Å². The highest BCUT2D eigenvalue weighted by atomic mass is 32.2. The van der Waals surface area contributed by atoms with Crippen LogP contribution in [0.5, 0.6) is 0 Å². The van der Waals surface area contributed by atoms with E-state index in [0.717, 1.165) is 6.26 Å². The molecule has 1 atom stereocenters. The minimum atomic E-state index is -3.19. The molecule has 0 bridgehead atoms. The van der Waals surface area contributed by atoms with Crippen LogP contribution in [0.4, 0.5) is 0 Å². The second-order valence-corrected chi connectivity index (χ2v) is 5.18. The summed E-state index contributed by atoms with van der Waals surface area (Å²) in [6, 6.07) is -0.159. The molecule has 1 aliphatic rings. The van der Waals surface area contributed by atoms with Crippen molar-refractivity contribution < 1.29 is 18.3 Å². The predicted molar refractivity (Wildman–Crippen MR) is 51.3 cm³/mol. The molecule has 0 aromatic heterocycles. The van der Waals surface area contributed by atoms with E-state index >= 15 is 0 Å². The van der Waals surface area contributed by atoms with Crippen molar-refractivity contribution in [3.05, 3.63) is 11.6 Å². The molecule has 0 saturated carbocycles. The Morgan fingerprint density at radius 1 is 1.64 bits per heavy atom. The van der Waals surface area contributed by atoms with Gasteiger partial charge in [0.15, 0.2) is 0 Å². The molecule has 0 radical (unpaired) electrons. The fourth-order valence-corrected chi connectivity index (χ4v) is 2.26. The second-order valence-electron chi connectivity index (χ2n) is 3.40. The van der Waals surface area contributed by atoms with Crippen LogP contribution in [0.2, 0.25) is 0 Å². The molecule has 0 heterocycles. The van der Waals surface area contributed by atoms with Gasteiger partial charge in [-0.2, -0.15) is 0 Å². The van der Waals surface area contributed by atoms with E-state index in [1.807, 2.05) is 0 Å². The maximum atomic E-state index is 10.9. The van der Waals surface area contributed by atoms with Gasteiger partial charge in [0.25, 0.3) is 0 Å². The molecule has 0 aliphatic heterocycles. The first-order valence-electron chi connectivity index (χ1n) is 4.28. The summed E-state index contributed by atoms with van der Waals surface area (Å²) < 4.78 is 24.2. The normalized spacial score (nSPS) is 22.9. The van der Waals surface area contributed by atoms with Gasteiger partial charge in [0.1, 0.15) is 0 Å². The summed E-state index contributed by atoms with van der Waals surface area (Å²) in [5, 5.41) is 8.65. The molecule has 0 aromatic carbocycles. The van der Waals surface area contributed by atoms with Gasteiger partial charge in [-0.25, -0.2) is 17.9 Å². The molecule has 2 N–H and O–H groups in total. The van der Waals surface area contributed by atoms with Crippen LogP contribution in [0, 0.1) is 0 Å². The van der Waals surface area contributed by atoms with Crippen LogP contribution in [-0.2, 0) is 14.8 Å². The van der Waals surface area contributed by atoms with Crippen LogP contribution in [-0.4, -0.2) is 31.8 Å². The van der Waals surface area contributed by atoms with Gasteiger partial charge in [-0.05, 0) is 19.3 Å². The molecule has 1 unspecified atom stereocenters. The van der Waals surface area contributed by atoms with E-state index in [0.29, 0.717) is 24.8 Å². The molecule has 80 valence electrons. The lowest BCUT2D eigenvalue weighted by molar-refractivity contribution is -0.132. The van der Waals surface area contributed by atoms with E-state index in [1.54, 1.807) is 6.08 Å². The summed E-state index contributed by atoms with van der Waals surface area (Å²) in [6.07, 6.45) is 4.10. The number of carbonyl (C=O) groups is 1. The van der Waals surface area contributed by atoms with Crippen molar-refractivity contribution in [3.8, 4) is 0 Å². The maximum Gasteiger partial charge on any atom is 0.331 e. The molecule has 0 saturated heterocycles. The first-order valence-corrected chi connectivity index (χ1v) is 6.17. The molecule has 0 spiro atoms. The van der Waals surface area contributed by atoms with Gasteiger partial charge in [-0.3, -0.25) is 0 Å². The summed E-state index contributed by atoms with van der Waals surface area (Å²) in [6.45, 7) is 0. The molecular formula is C8H13NO4S. The monoisotopic (exact) mass is 219 g/mol. The Kier molecular flexibility index (Phi) is 3.28. The average Bonchev–Trinajstić information content (AvgIpc) is 2.02. The highest BCUT2D eigenvalue weighted by Gasteiger charge is 2.20. The zero-order valence-corrected chi connectivity index (χ0v) is 8.67. The minimum absolute atomic E-state index is 0.159. The van der Waals surface area contributed by atoms with Crippen LogP contribution < -0.4 is 4.72 Å². The van der Waals surface area contributed by atoms with E-state index in [2.05, 4.69) is 4.72 Å².